The molecule has 1 aliphatic carbocycles. The van der Waals surface area contributed by atoms with Crippen LogP contribution in [-0.4, -0.2) is 37.9 Å². The minimum atomic E-state index is -0.0234. The predicted octanol–water partition coefficient (Wildman–Crippen LogP) is 2.28. The first-order valence-corrected chi connectivity index (χ1v) is 6.97. The van der Waals surface area contributed by atoms with Crippen molar-refractivity contribution in [1.29, 1.82) is 0 Å². The zero-order chi connectivity index (χ0) is 14.1. The average Bonchev–Trinajstić information content (AvgIpc) is 3.14. The molecule has 0 saturated heterocycles. The van der Waals surface area contributed by atoms with Crippen LogP contribution in [0.25, 0.3) is 5.69 Å². The molecule has 1 aliphatic rings. The van der Waals surface area contributed by atoms with Crippen LogP contribution in [0, 0.1) is 0 Å². The van der Waals surface area contributed by atoms with E-state index in [1.54, 1.807) is 6.20 Å². The molecule has 1 heterocycles. The molecule has 0 unspecified atom stereocenters. The van der Waals surface area contributed by atoms with Crippen LogP contribution >= 0.6 is 0 Å². The number of para-hydroxylation sites is 1. The zero-order valence-corrected chi connectivity index (χ0v) is 11.7. The molecule has 0 N–H and O–H groups in total. The van der Waals surface area contributed by atoms with Gasteiger partial charge in [-0.25, -0.2) is 0 Å². The second kappa shape index (κ2) is 5.07. The van der Waals surface area contributed by atoms with Crippen LogP contribution in [0.4, 0.5) is 0 Å². The van der Waals surface area contributed by atoms with Crippen LogP contribution in [0.3, 0.4) is 0 Å². The SMILES string of the molecule is CC(C)N(C(=O)c1cnn(-c2ccccc2)n1)C1CC1. The van der Waals surface area contributed by atoms with Gasteiger partial charge < -0.3 is 4.90 Å². The van der Waals surface area contributed by atoms with Crippen molar-refractivity contribution in [2.24, 2.45) is 0 Å². The summed E-state index contributed by atoms with van der Waals surface area (Å²) in [5.41, 5.74) is 1.27. The van der Waals surface area contributed by atoms with Gasteiger partial charge in [-0.1, -0.05) is 18.2 Å². The third kappa shape index (κ3) is 2.43. The van der Waals surface area contributed by atoms with E-state index in [4.69, 9.17) is 0 Å². The minimum Gasteiger partial charge on any atom is -0.332 e. The molecule has 5 nitrogen and oxygen atoms in total. The molecule has 3 rings (SSSR count). The molecule has 104 valence electrons. The Morgan fingerprint density at radius 1 is 1.30 bits per heavy atom. The molecule has 0 spiro atoms. The van der Waals surface area contributed by atoms with E-state index >= 15 is 0 Å². The van der Waals surface area contributed by atoms with E-state index in [1.807, 2.05) is 49.1 Å². The molecule has 0 aliphatic heterocycles. The highest BCUT2D eigenvalue weighted by Crippen LogP contribution is 2.29. The maximum atomic E-state index is 12.5. The molecule has 1 fully saturated rings. The summed E-state index contributed by atoms with van der Waals surface area (Å²) in [6.07, 6.45) is 3.74. The number of rotatable bonds is 4. The average molecular weight is 270 g/mol. The zero-order valence-electron chi connectivity index (χ0n) is 11.7. The quantitative estimate of drug-likeness (QED) is 0.856. The fourth-order valence-corrected chi connectivity index (χ4v) is 2.35. The van der Waals surface area contributed by atoms with Crippen molar-refractivity contribution in [2.45, 2.75) is 38.8 Å². The van der Waals surface area contributed by atoms with Gasteiger partial charge in [-0.05, 0) is 38.8 Å². The predicted molar refractivity (Wildman–Crippen MR) is 75.7 cm³/mol. The third-order valence-corrected chi connectivity index (χ3v) is 3.43. The smallest absolute Gasteiger partial charge is 0.276 e. The molecule has 5 heteroatoms. The number of nitrogens with zero attached hydrogens (tertiary/aromatic N) is 4. The monoisotopic (exact) mass is 270 g/mol. The first kappa shape index (κ1) is 12.8. The maximum Gasteiger partial charge on any atom is 0.276 e. The largest absolute Gasteiger partial charge is 0.332 e. The Labute approximate surface area is 118 Å². The lowest BCUT2D eigenvalue weighted by Gasteiger charge is -2.25. The Hall–Kier alpha value is -2.17. The van der Waals surface area contributed by atoms with Crippen molar-refractivity contribution < 1.29 is 4.79 Å². The highest BCUT2D eigenvalue weighted by Gasteiger charge is 2.35. The van der Waals surface area contributed by atoms with Crippen molar-refractivity contribution in [3.63, 3.8) is 0 Å². The van der Waals surface area contributed by atoms with Gasteiger partial charge in [0.05, 0.1) is 11.9 Å². The highest BCUT2D eigenvalue weighted by atomic mass is 16.2. The van der Waals surface area contributed by atoms with Crippen molar-refractivity contribution in [1.82, 2.24) is 19.9 Å². The van der Waals surface area contributed by atoms with Crippen molar-refractivity contribution >= 4 is 5.91 Å². The fourth-order valence-electron chi connectivity index (χ4n) is 2.35. The summed E-state index contributed by atoms with van der Waals surface area (Å²) in [4.78, 5) is 15.9. The van der Waals surface area contributed by atoms with Crippen LogP contribution in [0.2, 0.25) is 0 Å². The summed E-state index contributed by atoms with van der Waals surface area (Å²) >= 11 is 0. The van der Waals surface area contributed by atoms with Gasteiger partial charge in [0.2, 0.25) is 0 Å². The first-order valence-electron chi connectivity index (χ1n) is 6.97. The molecule has 1 aromatic heterocycles. The lowest BCUT2D eigenvalue weighted by atomic mass is 10.2. The van der Waals surface area contributed by atoms with E-state index in [1.165, 1.54) is 4.80 Å². The summed E-state index contributed by atoms with van der Waals surface area (Å²) in [5.74, 6) is -0.0234. The Morgan fingerprint density at radius 3 is 2.60 bits per heavy atom. The maximum absolute atomic E-state index is 12.5. The Bertz CT molecular complexity index is 599. The van der Waals surface area contributed by atoms with Crippen LogP contribution < -0.4 is 0 Å². The van der Waals surface area contributed by atoms with Crippen molar-refractivity contribution in [2.75, 3.05) is 0 Å². The fraction of sp³-hybridized carbons (Fsp3) is 0.400. The van der Waals surface area contributed by atoms with Crippen LogP contribution in [0.5, 0.6) is 0 Å². The minimum absolute atomic E-state index is 0.0234. The topological polar surface area (TPSA) is 51.0 Å². The Morgan fingerprint density at radius 2 is 2.00 bits per heavy atom. The number of hydrogen-bond donors (Lipinski definition) is 0. The first-order chi connectivity index (χ1) is 9.66. The summed E-state index contributed by atoms with van der Waals surface area (Å²) in [5, 5.41) is 8.50. The van der Waals surface area contributed by atoms with E-state index in [0.717, 1.165) is 18.5 Å². The molecule has 1 saturated carbocycles. The van der Waals surface area contributed by atoms with Gasteiger partial charge in [-0.2, -0.15) is 9.90 Å². The molecule has 2 aromatic rings. The number of carbonyl (C=O) groups excluding carboxylic acids is 1. The van der Waals surface area contributed by atoms with Gasteiger partial charge in [0, 0.05) is 12.1 Å². The Kier molecular flexibility index (Phi) is 3.26. The number of amides is 1. The van der Waals surface area contributed by atoms with Crippen molar-refractivity contribution in [3.8, 4) is 5.69 Å². The number of hydrogen-bond acceptors (Lipinski definition) is 3. The van der Waals surface area contributed by atoms with E-state index in [2.05, 4.69) is 10.2 Å². The van der Waals surface area contributed by atoms with Crippen LogP contribution in [0.1, 0.15) is 37.2 Å². The normalized spacial score (nSPS) is 14.6. The molecule has 0 atom stereocenters. The summed E-state index contributed by atoms with van der Waals surface area (Å²) < 4.78 is 0. The number of benzene rings is 1. The Balaban J connectivity index is 1.84. The highest BCUT2D eigenvalue weighted by molar-refractivity contribution is 5.92. The number of aromatic nitrogens is 3. The van der Waals surface area contributed by atoms with Gasteiger partial charge in [-0.15, -0.1) is 5.10 Å². The van der Waals surface area contributed by atoms with Gasteiger partial charge in [0.1, 0.15) is 0 Å². The van der Waals surface area contributed by atoms with E-state index in [-0.39, 0.29) is 11.9 Å². The van der Waals surface area contributed by atoms with Crippen LogP contribution in [-0.2, 0) is 0 Å². The molecule has 20 heavy (non-hydrogen) atoms. The van der Waals surface area contributed by atoms with Gasteiger partial charge in [0.15, 0.2) is 5.69 Å². The van der Waals surface area contributed by atoms with E-state index < -0.39 is 0 Å². The summed E-state index contributed by atoms with van der Waals surface area (Å²) in [6, 6.07) is 10.2. The molecule has 0 radical (unpaired) electrons. The molecule has 1 amide bonds. The molecular formula is C15H18N4O. The number of carbonyl (C=O) groups is 1. The van der Waals surface area contributed by atoms with Gasteiger partial charge in [0.25, 0.3) is 5.91 Å². The third-order valence-electron chi connectivity index (χ3n) is 3.43. The van der Waals surface area contributed by atoms with Crippen molar-refractivity contribution in [3.05, 3.63) is 42.2 Å². The lowest BCUT2D eigenvalue weighted by molar-refractivity contribution is 0.0683. The standard InChI is InChI=1S/C15H18N4O/c1-11(2)18(12-8-9-12)15(20)14-10-16-19(17-14)13-6-4-3-5-7-13/h3-7,10-12H,8-9H2,1-2H3. The molecule has 0 bridgehead atoms. The van der Waals surface area contributed by atoms with E-state index in [9.17, 15) is 4.79 Å². The van der Waals surface area contributed by atoms with Gasteiger partial charge >= 0.3 is 0 Å². The second-order valence-corrected chi connectivity index (χ2v) is 5.39. The molecule has 1 aromatic carbocycles. The van der Waals surface area contributed by atoms with Gasteiger partial charge in [-0.3, -0.25) is 4.79 Å². The second-order valence-electron chi connectivity index (χ2n) is 5.39. The van der Waals surface area contributed by atoms with E-state index in [0.29, 0.717) is 11.7 Å². The lowest BCUT2D eigenvalue weighted by Crippen LogP contribution is -2.39. The summed E-state index contributed by atoms with van der Waals surface area (Å²) in [6.45, 7) is 4.08. The van der Waals surface area contributed by atoms with Crippen LogP contribution in [0.15, 0.2) is 36.5 Å². The summed E-state index contributed by atoms with van der Waals surface area (Å²) in [7, 11) is 0. The molecular weight excluding hydrogens is 252 g/mol.